The summed E-state index contributed by atoms with van der Waals surface area (Å²) in [6.07, 6.45) is 1.79. The smallest absolute Gasteiger partial charge is 0.211 e. The van der Waals surface area contributed by atoms with Gasteiger partial charge in [-0.05, 0) is 26.0 Å². The maximum atomic E-state index is 11.2. The molecule has 0 amide bonds. The highest BCUT2D eigenvalue weighted by Crippen LogP contribution is 2.12. The van der Waals surface area contributed by atoms with Gasteiger partial charge in [0.15, 0.2) is 0 Å². The molecule has 0 fully saturated rings. The van der Waals surface area contributed by atoms with Crippen molar-refractivity contribution in [1.82, 2.24) is 4.72 Å². The lowest BCUT2D eigenvalue weighted by molar-refractivity contribution is 0.0603. The monoisotopic (exact) mass is 247 g/mol. The molecule has 1 atom stereocenters. The van der Waals surface area contributed by atoms with Crippen molar-refractivity contribution >= 4 is 10.0 Å². The van der Waals surface area contributed by atoms with E-state index in [0.717, 1.165) is 0 Å². The average molecular weight is 247 g/mol. The van der Waals surface area contributed by atoms with Gasteiger partial charge in [0.2, 0.25) is 10.0 Å². The summed E-state index contributed by atoms with van der Waals surface area (Å²) in [5.74, 6) is 0.629. The van der Waals surface area contributed by atoms with E-state index < -0.39 is 15.6 Å². The zero-order valence-corrected chi connectivity index (χ0v) is 10.3. The number of sulfonamides is 1. The molecule has 0 saturated heterocycles. The zero-order chi connectivity index (χ0) is 12.2. The molecule has 1 rings (SSSR count). The average Bonchev–Trinajstić information content (AvgIpc) is 2.67. The molecule has 1 heterocycles. The van der Waals surface area contributed by atoms with Crippen LogP contribution in [0, 0.1) is 0 Å². The van der Waals surface area contributed by atoms with Gasteiger partial charge in [0, 0.05) is 13.0 Å². The Morgan fingerprint density at radius 2 is 2.25 bits per heavy atom. The molecule has 1 aromatic heterocycles. The molecule has 0 bridgehead atoms. The third-order valence-corrected chi connectivity index (χ3v) is 3.53. The molecule has 16 heavy (non-hydrogen) atoms. The molecule has 6 heteroatoms. The largest absolute Gasteiger partial charge is 0.469 e. The van der Waals surface area contributed by atoms with Crippen LogP contribution in [0.15, 0.2) is 22.8 Å². The van der Waals surface area contributed by atoms with Gasteiger partial charge in [-0.2, -0.15) is 0 Å². The minimum atomic E-state index is -3.27. The zero-order valence-electron chi connectivity index (χ0n) is 9.43. The topological polar surface area (TPSA) is 79.5 Å². The molecule has 0 aromatic carbocycles. The summed E-state index contributed by atoms with van der Waals surface area (Å²) < 4.78 is 29.8. The van der Waals surface area contributed by atoms with Crippen molar-refractivity contribution in [2.24, 2.45) is 0 Å². The molecule has 1 aromatic rings. The Balaban J connectivity index is 2.52. The molecule has 2 N–H and O–H groups in total. The van der Waals surface area contributed by atoms with Gasteiger partial charge < -0.3 is 9.52 Å². The Morgan fingerprint density at radius 3 is 2.75 bits per heavy atom. The molecule has 0 aliphatic rings. The first kappa shape index (κ1) is 13.2. The van der Waals surface area contributed by atoms with Crippen LogP contribution in [-0.2, 0) is 16.4 Å². The van der Waals surface area contributed by atoms with Gasteiger partial charge in [0.05, 0.1) is 17.6 Å². The summed E-state index contributed by atoms with van der Waals surface area (Å²) in [6.45, 7) is 3.08. The molecule has 0 saturated carbocycles. The third kappa shape index (κ3) is 4.34. The molecule has 0 radical (unpaired) electrons. The fourth-order valence-corrected chi connectivity index (χ4v) is 1.95. The summed E-state index contributed by atoms with van der Waals surface area (Å²) in [5.41, 5.74) is -1.15. The summed E-state index contributed by atoms with van der Waals surface area (Å²) in [6, 6.07) is 3.46. The van der Waals surface area contributed by atoms with E-state index in [-0.39, 0.29) is 18.7 Å². The quantitative estimate of drug-likeness (QED) is 0.767. The van der Waals surface area contributed by atoms with Crippen molar-refractivity contribution in [3.8, 4) is 0 Å². The number of nitrogens with one attached hydrogen (secondary N) is 1. The van der Waals surface area contributed by atoms with E-state index in [2.05, 4.69) is 4.72 Å². The van der Waals surface area contributed by atoms with Crippen LogP contribution in [0.3, 0.4) is 0 Å². The molecule has 92 valence electrons. The van der Waals surface area contributed by atoms with Gasteiger partial charge in [0.1, 0.15) is 5.76 Å². The van der Waals surface area contributed by atoms with Crippen LogP contribution in [0.1, 0.15) is 19.6 Å². The molecule has 0 spiro atoms. The minimum Gasteiger partial charge on any atom is -0.469 e. The molecule has 1 unspecified atom stereocenters. The van der Waals surface area contributed by atoms with Crippen LogP contribution in [0.25, 0.3) is 0 Å². The maximum absolute atomic E-state index is 11.2. The van der Waals surface area contributed by atoms with Crippen LogP contribution in [0.2, 0.25) is 0 Å². The Bertz CT molecular complexity index is 408. The number of rotatable bonds is 6. The van der Waals surface area contributed by atoms with Gasteiger partial charge in [-0.3, -0.25) is 0 Å². The van der Waals surface area contributed by atoms with E-state index in [4.69, 9.17) is 4.42 Å². The normalized spacial score (nSPS) is 15.9. The van der Waals surface area contributed by atoms with E-state index in [1.807, 2.05) is 0 Å². The SMILES string of the molecule is CCS(=O)(=O)NCC(C)(O)Cc1ccco1. The minimum absolute atomic E-state index is 0.00380. The first-order chi connectivity index (χ1) is 7.35. The van der Waals surface area contributed by atoms with E-state index in [1.165, 1.54) is 6.26 Å². The van der Waals surface area contributed by atoms with Gasteiger partial charge in [-0.25, -0.2) is 13.1 Å². The lowest BCUT2D eigenvalue weighted by Crippen LogP contribution is -2.42. The van der Waals surface area contributed by atoms with Crippen LogP contribution >= 0.6 is 0 Å². The number of hydrogen-bond acceptors (Lipinski definition) is 4. The second-order valence-electron chi connectivity index (χ2n) is 3.98. The van der Waals surface area contributed by atoms with Crippen molar-refractivity contribution in [3.63, 3.8) is 0 Å². The predicted molar refractivity (Wildman–Crippen MR) is 60.5 cm³/mol. The van der Waals surface area contributed by atoms with Crippen molar-refractivity contribution in [1.29, 1.82) is 0 Å². The van der Waals surface area contributed by atoms with E-state index in [9.17, 15) is 13.5 Å². The Labute approximate surface area is 95.5 Å². The van der Waals surface area contributed by atoms with E-state index >= 15 is 0 Å². The van der Waals surface area contributed by atoms with Crippen molar-refractivity contribution in [3.05, 3.63) is 24.2 Å². The molecular formula is C10H17NO4S. The molecule has 0 aliphatic carbocycles. The van der Waals surface area contributed by atoms with Crippen LogP contribution in [0.4, 0.5) is 0 Å². The fraction of sp³-hybridized carbons (Fsp3) is 0.600. The molecular weight excluding hydrogens is 230 g/mol. The first-order valence-electron chi connectivity index (χ1n) is 5.07. The van der Waals surface area contributed by atoms with Gasteiger partial charge in [-0.1, -0.05) is 0 Å². The predicted octanol–water partition coefficient (Wildman–Crippen LogP) is 0.512. The highest BCUT2D eigenvalue weighted by atomic mass is 32.2. The number of aliphatic hydroxyl groups is 1. The first-order valence-corrected chi connectivity index (χ1v) is 6.72. The lowest BCUT2D eigenvalue weighted by atomic mass is 10.0. The second kappa shape index (κ2) is 4.99. The highest BCUT2D eigenvalue weighted by Gasteiger charge is 2.24. The Morgan fingerprint density at radius 1 is 1.56 bits per heavy atom. The summed E-state index contributed by atoms with van der Waals surface area (Å²) in [7, 11) is -3.27. The van der Waals surface area contributed by atoms with Gasteiger partial charge >= 0.3 is 0 Å². The van der Waals surface area contributed by atoms with Crippen LogP contribution in [-0.4, -0.2) is 31.4 Å². The van der Waals surface area contributed by atoms with E-state index in [0.29, 0.717) is 5.76 Å². The Hall–Kier alpha value is -0.850. The fourth-order valence-electron chi connectivity index (χ4n) is 1.22. The maximum Gasteiger partial charge on any atom is 0.211 e. The van der Waals surface area contributed by atoms with E-state index in [1.54, 1.807) is 26.0 Å². The lowest BCUT2D eigenvalue weighted by Gasteiger charge is -2.22. The van der Waals surface area contributed by atoms with Gasteiger partial charge in [0.25, 0.3) is 0 Å². The van der Waals surface area contributed by atoms with Crippen LogP contribution in [0.5, 0.6) is 0 Å². The number of hydrogen-bond donors (Lipinski definition) is 2. The summed E-state index contributed by atoms with van der Waals surface area (Å²) in [5, 5.41) is 9.96. The van der Waals surface area contributed by atoms with Gasteiger partial charge in [-0.15, -0.1) is 0 Å². The van der Waals surface area contributed by atoms with Crippen molar-refractivity contribution < 1.29 is 17.9 Å². The molecule has 5 nitrogen and oxygen atoms in total. The molecule has 0 aliphatic heterocycles. The van der Waals surface area contributed by atoms with Crippen molar-refractivity contribution in [2.75, 3.05) is 12.3 Å². The Kier molecular flexibility index (Phi) is 4.12. The second-order valence-corrected chi connectivity index (χ2v) is 6.07. The highest BCUT2D eigenvalue weighted by molar-refractivity contribution is 7.89. The van der Waals surface area contributed by atoms with Crippen LogP contribution < -0.4 is 4.72 Å². The number of furan rings is 1. The summed E-state index contributed by atoms with van der Waals surface area (Å²) >= 11 is 0. The summed E-state index contributed by atoms with van der Waals surface area (Å²) in [4.78, 5) is 0. The standard InChI is InChI=1S/C10H17NO4S/c1-3-16(13,14)11-8-10(2,12)7-9-5-4-6-15-9/h4-6,11-12H,3,7-8H2,1-2H3. The third-order valence-electron chi connectivity index (χ3n) is 2.19. The van der Waals surface area contributed by atoms with Crippen molar-refractivity contribution in [2.45, 2.75) is 25.9 Å².